The van der Waals surface area contributed by atoms with E-state index in [-0.39, 0.29) is 0 Å². The lowest BCUT2D eigenvalue weighted by atomic mass is 9.49. The van der Waals surface area contributed by atoms with Gasteiger partial charge in [-0.25, -0.2) is 0 Å². The zero-order valence-electron chi connectivity index (χ0n) is 14.0. The van der Waals surface area contributed by atoms with Gasteiger partial charge in [0.2, 0.25) is 0 Å². The van der Waals surface area contributed by atoms with Crippen molar-refractivity contribution in [3.8, 4) is 0 Å². The molecular weight excluding hydrogens is 252 g/mol. The molecule has 0 heterocycles. The topological polar surface area (TPSA) is 0 Å². The van der Waals surface area contributed by atoms with E-state index in [2.05, 4.69) is 32.9 Å². The molecule has 114 valence electrons. The third kappa shape index (κ3) is 1.94. The summed E-state index contributed by atoms with van der Waals surface area (Å²) in [5.41, 5.74) is 7.18. The molecule has 3 aliphatic carbocycles. The molecular formula is C21H30. The van der Waals surface area contributed by atoms with Gasteiger partial charge in [-0.3, -0.25) is 0 Å². The molecule has 21 heavy (non-hydrogen) atoms. The van der Waals surface area contributed by atoms with E-state index < -0.39 is 0 Å². The molecule has 0 amide bonds. The third-order valence-corrected chi connectivity index (χ3v) is 7.62. The summed E-state index contributed by atoms with van der Waals surface area (Å²) in [5, 5.41) is 0. The first-order chi connectivity index (χ1) is 10.1. The summed E-state index contributed by atoms with van der Waals surface area (Å²) in [5.74, 6) is 2.86. The van der Waals surface area contributed by atoms with Gasteiger partial charge >= 0.3 is 0 Å². The number of hydrogen-bond acceptors (Lipinski definition) is 0. The lowest BCUT2D eigenvalue weighted by Gasteiger charge is -2.56. The number of aryl methyl sites for hydroxylation is 1. The predicted molar refractivity (Wildman–Crippen MR) is 89.8 cm³/mol. The quantitative estimate of drug-likeness (QED) is 0.552. The van der Waals surface area contributed by atoms with Crippen molar-refractivity contribution in [1.82, 2.24) is 0 Å². The smallest absolute Gasteiger partial charge is 0.0125 e. The second-order valence-corrected chi connectivity index (χ2v) is 8.35. The Bertz CT molecular complexity index is 555. The summed E-state index contributed by atoms with van der Waals surface area (Å²) >= 11 is 0. The van der Waals surface area contributed by atoms with Crippen LogP contribution in [-0.2, 0) is 6.42 Å². The van der Waals surface area contributed by atoms with Crippen LogP contribution in [0.2, 0.25) is 0 Å². The van der Waals surface area contributed by atoms with Crippen LogP contribution in [-0.4, -0.2) is 0 Å². The van der Waals surface area contributed by atoms with E-state index in [9.17, 15) is 0 Å². The van der Waals surface area contributed by atoms with Gasteiger partial charge in [0.25, 0.3) is 0 Å². The van der Waals surface area contributed by atoms with Crippen molar-refractivity contribution in [1.29, 1.82) is 0 Å². The van der Waals surface area contributed by atoms with Crippen molar-refractivity contribution < 1.29 is 0 Å². The third-order valence-electron chi connectivity index (χ3n) is 7.62. The Kier molecular flexibility index (Phi) is 3.21. The van der Waals surface area contributed by atoms with Crippen LogP contribution in [0.4, 0.5) is 0 Å². The van der Waals surface area contributed by atoms with Gasteiger partial charge in [0.05, 0.1) is 0 Å². The summed E-state index contributed by atoms with van der Waals surface area (Å²) in [4.78, 5) is 0. The van der Waals surface area contributed by atoms with E-state index in [4.69, 9.17) is 0 Å². The highest BCUT2D eigenvalue weighted by Crippen LogP contribution is 2.60. The standard InChI is InChI=1S/C21H30/c1-14-7-9-18-17(15(14)2)11-12-20-19(18)10-8-16-6-4-5-13-21(16,20)3/h7,9,16,19-20H,4-6,8,10-13H2,1-3H3/t16-,19+,20+,21+/m0/s1. The van der Waals surface area contributed by atoms with Gasteiger partial charge in [0.1, 0.15) is 0 Å². The normalized spacial score (nSPS) is 38.3. The fraction of sp³-hybridized carbons (Fsp3) is 0.714. The number of rotatable bonds is 0. The molecule has 2 fully saturated rings. The first kappa shape index (κ1) is 13.9. The molecule has 1 aromatic rings. The van der Waals surface area contributed by atoms with Gasteiger partial charge < -0.3 is 0 Å². The first-order valence-electron chi connectivity index (χ1n) is 9.20. The van der Waals surface area contributed by atoms with Crippen molar-refractivity contribution in [2.75, 3.05) is 0 Å². The van der Waals surface area contributed by atoms with Crippen LogP contribution in [0.1, 0.15) is 80.0 Å². The Labute approximate surface area is 130 Å². The molecule has 4 rings (SSSR count). The van der Waals surface area contributed by atoms with E-state index in [0.717, 1.165) is 17.8 Å². The van der Waals surface area contributed by atoms with Crippen LogP contribution >= 0.6 is 0 Å². The van der Waals surface area contributed by atoms with Crippen LogP contribution in [0.5, 0.6) is 0 Å². The van der Waals surface area contributed by atoms with Gasteiger partial charge in [0.15, 0.2) is 0 Å². The minimum absolute atomic E-state index is 0.650. The Balaban J connectivity index is 1.75. The highest BCUT2D eigenvalue weighted by molar-refractivity contribution is 5.44. The van der Waals surface area contributed by atoms with E-state index in [1.54, 1.807) is 16.7 Å². The lowest BCUT2D eigenvalue weighted by Crippen LogP contribution is -2.46. The second kappa shape index (κ2) is 4.86. The molecule has 3 aliphatic rings. The van der Waals surface area contributed by atoms with E-state index >= 15 is 0 Å². The molecule has 2 saturated carbocycles. The van der Waals surface area contributed by atoms with Crippen molar-refractivity contribution >= 4 is 0 Å². The number of benzene rings is 1. The molecule has 1 aromatic carbocycles. The molecule has 0 nitrogen and oxygen atoms in total. The molecule has 0 aromatic heterocycles. The number of hydrogen-bond donors (Lipinski definition) is 0. The van der Waals surface area contributed by atoms with Crippen LogP contribution in [0.25, 0.3) is 0 Å². The van der Waals surface area contributed by atoms with Gasteiger partial charge in [-0.2, -0.15) is 0 Å². The van der Waals surface area contributed by atoms with Crippen molar-refractivity contribution in [3.05, 3.63) is 34.4 Å². The van der Waals surface area contributed by atoms with Gasteiger partial charge in [-0.05, 0) is 97.8 Å². The fourth-order valence-electron chi connectivity index (χ4n) is 6.21. The van der Waals surface area contributed by atoms with Crippen molar-refractivity contribution in [3.63, 3.8) is 0 Å². The summed E-state index contributed by atoms with van der Waals surface area (Å²) in [7, 11) is 0. The average Bonchev–Trinajstić information content (AvgIpc) is 2.50. The Morgan fingerprint density at radius 2 is 1.86 bits per heavy atom. The predicted octanol–water partition coefficient (Wildman–Crippen LogP) is 5.94. The zero-order valence-corrected chi connectivity index (χ0v) is 14.0. The maximum absolute atomic E-state index is 2.65. The lowest BCUT2D eigenvalue weighted by molar-refractivity contribution is -0.0204. The average molecular weight is 282 g/mol. The summed E-state index contributed by atoms with van der Waals surface area (Å²) < 4.78 is 0. The summed E-state index contributed by atoms with van der Waals surface area (Å²) in [6.07, 6.45) is 11.7. The second-order valence-electron chi connectivity index (χ2n) is 8.35. The maximum atomic E-state index is 2.65. The molecule has 0 saturated heterocycles. The maximum Gasteiger partial charge on any atom is -0.0125 e. The minimum Gasteiger partial charge on any atom is -0.0591 e. The molecule has 0 aliphatic heterocycles. The van der Waals surface area contributed by atoms with E-state index in [0.29, 0.717) is 5.41 Å². The fourth-order valence-corrected chi connectivity index (χ4v) is 6.21. The van der Waals surface area contributed by atoms with E-state index in [1.807, 2.05) is 0 Å². The van der Waals surface area contributed by atoms with Crippen molar-refractivity contribution in [2.24, 2.45) is 17.3 Å². The zero-order chi connectivity index (χ0) is 14.6. The summed E-state index contributed by atoms with van der Waals surface area (Å²) in [6, 6.07) is 4.87. The van der Waals surface area contributed by atoms with E-state index in [1.165, 1.54) is 56.9 Å². The van der Waals surface area contributed by atoms with Gasteiger partial charge in [0, 0.05) is 0 Å². The van der Waals surface area contributed by atoms with Crippen molar-refractivity contribution in [2.45, 2.75) is 78.1 Å². The molecule has 0 radical (unpaired) electrons. The Morgan fingerprint density at radius 3 is 2.71 bits per heavy atom. The van der Waals surface area contributed by atoms with Crippen LogP contribution < -0.4 is 0 Å². The summed E-state index contributed by atoms with van der Waals surface area (Å²) in [6.45, 7) is 7.28. The molecule has 0 unspecified atom stereocenters. The van der Waals surface area contributed by atoms with Gasteiger partial charge in [-0.1, -0.05) is 31.9 Å². The van der Waals surface area contributed by atoms with Gasteiger partial charge in [-0.15, -0.1) is 0 Å². The molecule has 0 spiro atoms. The first-order valence-corrected chi connectivity index (χ1v) is 9.20. The highest BCUT2D eigenvalue weighted by Gasteiger charge is 2.50. The van der Waals surface area contributed by atoms with Crippen LogP contribution in [0.15, 0.2) is 12.1 Å². The Hall–Kier alpha value is -0.780. The Morgan fingerprint density at radius 1 is 1.00 bits per heavy atom. The highest BCUT2D eigenvalue weighted by atomic mass is 14.5. The monoisotopic (exact) mass is 282 g/mol. The largest absolute Gasteiger partial charge is 0.0591 e. The molecule has 0 bridgehead atoms. The SMILES string of the molecule is Cc1ccc2c(c1C)CC[C@@H]1[C@@H]2CC[C@@H]2CCCC[C@]21C. The number of fused-ring (bicyclic) bond motifs is 5. The molecule has 0 heteroatoms. The minimum atomic E-state index is 0.650. The van der Waals surface area contributed by atoms with Crippen LogP contribution in [0.3, 0.4) is 0 Å². The molecule has 4 atom stereocenters. The van der Waals surface area contributed by atoms with Crippen LogP contribution in [0, 0.1) is 31.1 Å². The molecule has 0 N–H and O–H groups in total.